The number of aromatic nitrogens is 2. The zero-order valence-corrected chi connectivity index (χ0v) is 12.7. The largest absolute Gasteiger partial charge is 0.478 e. The van der Waals surface area contributed by atoms with Crippen molar-refractivity contribution < 1.29 is 23.1 Å². The fraction of sp³-hybridized carbons (Fsp3) is 0.125. The standard InChI is InChI=1S/C16H13F3N4O2/c17-16(18,19)8-21-12-6-20-7-13-11(12)5-14(23-13)22-10-3-1-9(2-4-10)15(24)25/h1-7,21-23H,8H2,(H,24,25). The van der Waals surface area contributed by atoms with Crippen LogP contribution in [0, 0.1) is 0 Å². The number of carboxylic acids is 1. The summed E-state index contributed by atoms with van der Waals surface area (Å²) in [5.41, 5.74) is 1.62. The molecule has 9 heteroatoms. The topological polar surface area (TPSA) is 90.0 Å². The van der Waals surface area contributed by atoms with Gasteiger partial charge in [0.15, 0.2) is 0 Å². The molecule has 6 nitrogen and oxygen atoms in total. The number of nitrogens with zero attached hydrogens (tertiary/aromatic N) is 1. The molecule has 1 aromatic carbocycles. The summed E-state index contributed by atoms with van der Waals surface area (Å²) in [5.74, 6) is -0.482. The Labute approximate surface area is 139 Å². The Bertz CT molecular complexity index is 904. The smallest absolute Gasteiger partial charge is 0.405 e. The quantitative estimate of drug-likeness (QED) is 0.559. The first kappa shape index (κ1) is 16.6. The number of anilines is 3. The van der Waals surface area contributed by atoms with Gasteiger partial charge in [0, 0.05) is 11.1 Å². The SMILES string of the molecule is O=C(O)c1ccc(Nc2cc3c(NCC(F)(F)F)cncc3[nH]2)cc1. The molecule has 25 heavy (non-hydrogen) atoms. The molecule has 4 N–H and O–H groups in total. The predicted octanol–water partition coefficient (Wildman–Crippen LogP) is 3.98. The van der Waals surface area contributed by atoms with Crippen molar-refractivity contribution in [2.24, 2.45) is 0 Å². The van der Waals surface area contributed by atoms with Gasteiger partial charge >= 0.3 is 12.1 Å². The van der Waals surface area contributed by atoms with Gasteiger partial charge in [-0.15, -0.1) is 0 Å². The van der Waals surface area contributed by atoms with Crippen LogP contribution >= 0.6 is 0 Å². The van der Waals surface area contributed by atoms with E-state index in [-0.39, 0.29) is 11.3 Å². The lowest BCUT2D eigenvalue weighted by Gasteiger charge is -2.09. The van der Waals surface area contributed by atoms with Crippen LogP contribution in [0.2, 0.25) is 0 Å². The molecule has 3 rings (SSSR count). The average molecular weight is 350 g/mol. The third-order valence-corrected chi connectivity index (χ3v) is 3.44. The molecular formula is C16H13F3N4O2. The van der Waals surface area contributed by atoms with Crippen LogP contribution in [0.5, 0.6) is 0 Å². The van der Waals surface area contributed by atoms with E-state index in [2.05, 4.69) is 20.6 Å². The van der Waals surface area contributed by atoms with Crippen molar-refractivity contribution in [2.45, 2.75) is 6.18 Å². The third-order valence-electron chi connectivity index (χ3n) is 3.44. The van der Waals surface area contributed by atoms with Gasteiger partial charge in [-0.05, 0) is 30.3 Å². The van der Waals surface area contributed by atoms with E-state index in [1.807, 2.05) is 0 Å². The first-order valence-electron chi connectivity index (χ1n) is 7.19. The first-order valence-corrected chi connectivity index (χ1v) is 7.19. The van der Waals surface area contributed by atoms with Crippen molar-refractivity contribution in [1.82, 2.24) is 9.97 Å². The monoisotopic (exact) mass is 350 g/mol. The Morgan fingerprint density at radius 3 is 2.56 bits per heavy atom. The maximum absolute atomic E-state index is 12.4. The number of fused-ring (bicyclic) bond motifs is 1. The molecular weight excluding hydrogens is 337 g/mol. The van der Waals surface area contributed by atoms with Crippen LogP contribution in [0.25, 0.3) is 10.9 Å². The lowest BCUT2D eigenvalue weighted by atomic mass is 10.2. The van der Waals surface area contributed by atoms with Crippen LogP contribution in [0.3, 0.4) is 0 Å². The van der Waals surface area contributed by atoms with Crippen molar-refractivity contribution in [3.8, 4) is 0 Å². The predicted molar refractivity (Wildman–Crippen MR) is 87.3 cm³/mol. The van der Waals surface area contributed by atoms with E-state index < -0.39 is 18.7 Å². The highest BCUT2D eigenvalue weighted by Crippen LogP contribution is 2.28. The number of nitrogens with one attached hydrogen (secondary N) is 3. The lowest BCUT2D eigenvalue weighted by Crippen LogP contribution is -2.21. The average Bonchev–Trinajstić information content (AvgIpc) is 2.95. The number of benzene rings is 1. The summed E-state index contributed by atoms with van der Waals surface area (Å²) < 4.78 is 37.1. The van der Waals surface area contributed by atoms with Crippen molar-refractivity contribution >= 4 is 34.1 Å². The van der Waals surface area contributed by atoms with Gasteiger partial charge in [0.2, 0.25) is 0 Å². The molecule has 0 bridgehead atoms. The maximum Gasteiger partial charge on any atom is 0.405 e. The molecule has 2 heterocycles. The molecule has 0 saturated carbocycles. The molecule has 0 radical (unpaired) electrons. The number of hydrogen-bond donors (Lipinski definition) is 4. The minimum Gasteiger partial charge on any atom is -0.478 e. The minimum absolute atomic E-state index is 0.157. The van der Waals surface area contributed by atoms with Crippen LogP contribution in [-0.2, 0) is 0 Å². The molecule has 2 aromatic heterocycles. The highest BCUT2D eigenvalue weighted by Gasteiger charge is 2.27. The van der Waals surface area contributed by atoms with Crippen LogP contribution in [0.15, 0.2) is 42.7 Å². The molecule has 0 saturated heterocycles. The first-order chi connectivity index (χ1) is 11.8. The van der Waals surface area contributed by atoms with Gasteiger partial charge in [0.05, 0.1) is 29.2 Å². The van der Waals surface area contributed by atoms with Crippen LogP contribution in [0.1, 0.15) is 10.4 Å². The number of aromatic amines is 1. The Morgan fingerprint density at radius 2 is 1.92 bits per heavy atom. The fourth-order valence-corrected chi connectivity index (χ4v) is 2.31. The van der Waals surface area contributed by atoms with Crippen molar-refractivity contribution in [1.29, 1.82) is 0 Å². The molecule has 130 valence electrons. The number of carboxylic acid groups (broad SMARTS) is 1. The summed E-state index contributed by atoms with van der Waals surface area (Å²) >= 11 is 0. The van der Waals surface area contributed by atoms with E-state index in [0.29, 0.717) is 22.4 Å². The van der Waals surface area contributed by atoms with Gasteiger partial charge in [-0.25, -0.2) is 4.79 Å². The normalized spacial score (nSPS) is 11.5. The third kappa shape index (κ3) is 4.00. The molecule has 0 atom stereocenters. The van der Waals surface area contributed by atoms with E-state index in [4.69, 9.17) is 5.11 Å². The number of halogens is 3. The second kappa shape index (κ2) is 6.34. The van der Waals surface area contributed by atoms with Crippen LogP contribution in [0.4, 0.5) is 30.4 Å². The van der Waals surface area contributed by atoms with Crippen molar-refractivity contribution in [3.63, 3.8) is 0 Å². The van der Waals surface area contributed by atoms with Gasteiger partial charge in [-0.3, -0.25) is 4.98 Å². The van der Waals surface area contributed by atoms with E-state index in [1.54, 1.807) is 18.2 Å². The van der Waals surface area contributed by atoms with Gasteiger partial charge < -0.3 is 20.7 Å². The summed E-state index contributed by atoms with van der Waals surface area (Å²) in [6.07, 6.45) is -1.49. The lowest BCUT2D eigenvalue weighted by molar-refractivity contribution is -0.115. The molecule has 0 amide bonds. The Kier molecular flexibility index (Phi) is 4.22. The number of pyridine rings is 1. The number of carbonyl (C=O) groups is 1. The molecule has 0 aliphatic rings. The molecule has 0 spiro atoms. The number of hydrogen-bond acceptors (Lipinski definition) is 4. The van der Waals surface area contributed by atoms with Gasteiger partial charge in [-0.2, -0.15) is 13.2 Å². The maximum atomic E-state index is 12.4. The molecule has 0 unspecified atom stereocenters. The molecule has 0 fully saturated rings. The Balaban J connectivity index is 1.82. The summed E-state index contributed by atoms with van der Waals surface area (Å²) in [7, 11) is 0. The van der Waals surface area contributed by atoms with E-state index in [9.17, 15) is 18.0 Å². The molecule has 0 aliphatic carbocycles. The van der Waals surface area contributed by atoms with Crippen molar-refractivity contribution in [3.05, 3.63) is 48.3 Å². The van der Waals surface area contributed by atoms with E-state index >= 15 is 0 Å². The van der Waals surface area contributed by atoms with Crippen LogP contribution < -0.4 is 10.6 Å². The zero-order chi connectivity index (χ0) is 18.0. The fourth-order valence-electron chi connectivity index (χ4n) is 2.31. The van der Waals surface area contributed by atoms with Crippen LogP contribution in [-0.4, -0.2) is 33.8 Å². The second-order valence-electron chi connectivity index (χ2n) is 5.31. The number of aromatic carboxylic acids is 1. The van der Waals surface area contributed by atoms with Gasteiger partial charge in [0.1, 0.15) is 12.4 Å². The molecule has 0 aliphatic heterocycles. The molecule has 3 aromatic rings. The summed E-state index contributed by atoms with van der Waals surface area (Å²) in [4.78, 5) is 17.8. The number of alkyl halides is 3. The van der Waals surface area contributed by atoms with E-state index in [0.717, 1.165) is 0 Å². The van der Waals surface area contributed by atoms with E-state index in [1.165, 1.54) is 24.5 Å². The summed E-state index contributed by atoms with van der Waals surface area (Å²) in [6.45, 7) is -1.15. The Morgan fingerprint density at radius 1 is 1.20 bits per heavy atom. The van der Waals surface area contributed by atoms with Crippen molar-refractivity contribution in [2.75, 3.05) is 17.2 Å². The highest BCUT2D eigenvalue weighted by molar-refractivity contribution is 5.94. The van der Waals surface area contributed by atoms with Gasteiger partial charge in [0.25, 0.3) is 0 Å². The summed E-state index contributed by atoms with van der Waals surface area (Å²) in [6, 6.07) is 7.74. The number of H-pyrrole nitrogens is 1. The second-order valence-corrected chi connectivity index (χ2v) is 5.31. The van der Waals surface area contributed by atoms with Gasteiger partial charge in [-0.1, -0.05) is 0 Å². The Hall–Kier alpha value is -3.23. The zero-order valence-electron chi connectivity index (χ0n) is 12.7. The minimum atomic E-state index is -4.33. The summed E-state index contributed by atoms with van der Waals surface area (Å²) in [5, 5.41) is 14.8. The number of rotatable bonds is 5. The highest BCUT2D eigenvalue weighted by atomic mass is 19.4.